The van der Waals surface area contributed by atoms with Gasteiger partial charge in [0.15, 0.2) is 11.6 Å². The molecule has 0 bridgehead atoms. The van der Waals surface area contributed by atoms with Crippen LogP contribution in [0.15, 0.2) is 79.0 Å². The molecule has 3 aromatic carbocycles. The Morgan fingerprint density at radius 1 is 0.846 bits per heavy atom. The highest BCUT2D eigenvalue weighted by atomic mass is 19.1. The minimum atomic E-state index is -0.590. The van der Waals surface area contributed by atoms with Crippen molar-refractivity contribution in [1.29, 1.82) is 0 Å². The van der Waals surface area contributed by atoms with Gasteiger partial charge in [0.05, 0.1) is 17.1 Å². The number of aromatic nitrogens is 1. The second-order valence-electron chi connectivity index (χ2n) is 10.3. The van der Waals surface area contributed by atoms with E-state index in [2.05, 4.69) is 22.1 Å². The van der Waals surface area contributed by atoms with Crippen LogP contribution in [0.5, 0.6) is 0 Å². The molecular formula is C32H31F2N3O2. The van der Waals surface area contributed by atoms with Gasteiger partial charge in [0.2, 0.25) is 0 Å². The zero-order valence-corrected chi connectivity index (χ0v) is 21.8. The minimum absolute atomic E-state index is 0.0507. The average Bonchev–Trinajstić information content (AvgIpc) is 3.48. The van der Waals surface area contributed by atoms with Crippen LogP contribution in [0.3, 0.4) is 0 Å². The molecule has 1 saturated heterocycles. The van der Waals surface area contributed by atoms with Crippen molar-refractivity contribution in [1.82, 2.24) is 4.98 Å². The fraction of sp³-hybridized carbons (Fsp3) is 0.250. The van der Waals surface area contributed by atoms with Crippen LogP contribution in [0.1, 0.15) is 51.7 Å². The van der Waals surface area contributed by atoms with Gasteiger partial charge in [-0.25, -0.2) is 8.78 Å². The molecule has 4 aromatic rings. The zero-order valence-electron chi connectivity index (χ0n) is 21.8. The van der Waals surface area contributed by atoms with E-state index in [1.165, 1.54) is 37.1 Å². The lowest BCUT2D eigenvalue weighted by Gasteiger charge is -2.32. The summed E-state index contributed by atoms with van der Waals surface area (Å²) in [6, 6.07) is 19.9. The number of halogens is 2. The molecule has 2 N–H and O–H groups in total. The number of hydrogen-bond donors (Lipinski definition) is 2. The van der Waals surface area contributed by atoms with Crippen molar-refractivity contribution >= 4 is 28.6 Å². The maximum Gasteiger partial charge on any atom is 0.183 e. The van der Waals surface area contributed by atoms with Gasteiger partial charge in [0, 0.05) is 43.4 Å². The van der Waals surface area contributed by atoms with Crippen LogP contribution in [0.25, 0.3) is 0 Å². The molecule has 200 valence electrons. The number of carbonyl (C=O) groups excluding carboxylic acids is 2. The van der Waals surface area contributed by atoms with Crippen LogP contribution in [-0.4, -0.2) is 29.6 Å². The first-order chi connectivity index (χ1) is 18.9. The van der Waals surface area contributed by atoms with Crippen molar-refractivity contribution in [2.24, 2.45) is 5.92 Å². The molecule has 0 aliphatic carbocycles. The summed E-state index contributed by atoms with van der Waals surface area (Å²) in [5.74, 6) is -0.664. The molecule has 7 heteroatoms. The number of ketones is 2. The fourth-order valence-corrected chi connectivity index (χ4v) is 4.88. The normalized spacial score (nSPS) is 13.9. The highest BCUT2D eigenvalue weighted by Crippen LogP contribution is 2.26. The first kappa shape index (κ1) is 26.4. The lowest BCUT2D eigenvalue weighted by Crippen LogP contribution is -2.32. The number of piperidine rings is 1. The Labute approximate surface area is 226 Å². The Bertz CT molecular complexity index is 1460. The summed E-state index contributed by atoms with van der Waals surface area (Å²) >= 11 is 0. The van der Waals surface area contributed by atoms with E-state index in [1.807, 2.05) is 24.3 Å². The third-order valence-electron chi connectivity index (χ3n) is 7.30. The smallest absolute Gasteiger partial charge is 0.183 e. The van der Waals surface area contributed by atoms with Crippen molar-refractivity contribution in [3.8, 4) is 0 Å². The molecule has 1 aromatic heterocycles. The first-order valence-corrected chi connectivity index (χ1v) is 13.2. The molecule has 0 atom stereocenters. The van der Waals surface area contributed by atoms with Crippen molar-refractivity contribution < 1.29 is 18.4 Å². The van der Waals surface area contributed by atoms with E-state index >= 15 is 0 Å². The zero-order chi connectivity index (χ0) is 27.4. The van der Waals surface area contributed by atoms with Crippen LogP contribution in [0, 0.1) is 17.6 Å². The number of aromatic amines is 1. The number of benzene rings is 3. The highest BCUT2D eigenvalue weighted by molar-refractivity contribution is 5.98. The number of nitrogens with zero attached hydrogens (tertiary/aromatic N) is 1. The number of H-pyrrole nitrogens is 1. The molecule has 39 heavy (non-hydrogen) atoms. The van der Waals surface area contributed by atoms with Gasteiger partial charge in [0.25, 0.3) is 0 Å². The van der Waals surface area contributed by atoms with Gasteiger partial charge in [-0.1, -0.05) is 19.1 Å². The number of anilines is 3. The standard InChI is InChI=1S/C32H31F2N3O2/c1-21-12-15-37(16-13-21)25-8-6-24(7-9-25)31(38)19-22-4-10-28(26(33)17-22)36-29-11-5-23(18-27(29)34)20-32(39)30-3-2-14-35-30/h2-11,14,17-18,21,35-36H,12-13,15-16,19-20H2,1H3. The van der Waals surface area contributed by atoms with Gasteiger partial charge < -0.3 is 15.2 Å². The monoisotopic (exact) mass is 527 g/mol. The van der Waals surface area contributed by atoms with E-state index in [-0.39, 0.29) is 35.8 Å². The second-order valence-corrected chi connectivity index (χ2v) is 10.3. The van der Waals surface area contributed by atoms with Crippen LogP contribution in [0.4, 0.5) is 25.8 Å². The summed E-state index contributed by atoms with van der Waals surface area (Å²) in [5.41, 5.74) is 3.41. The number of carbonyl (C=O) groups is 2. The third-order valence-corrected chi connectivity index (χ3v) is 7.30. The largest absolute Gasteiger partial charge is 0.372 e. The van der Waals surface area contributed by atoms with Gasteiger partial charge in [-0.3, -0.25) is 9.59 Å². The minimum Gasteiger partial charge on any atom is -0.372 e. The van der Waals surface area contributed by atoms with Crippen LogP contribution in [-0.2, 0) is 12.8 Å². The molecule has 5 rings (SSSR count). The van der Waals surface area contributed by atoms with Gasteiger partial charge >= 0.3 is 0 Å². The Balaban J connectivity index is 1.19. The third kappa shape index (κ3) is 6.42. The summed E-state index contributed by atoms with van der Waals surface area (Å²) < 4.78 is 29.6. The number of nitrogens with one attached hydrogen (secondary N) is 2. The highest BCUT2D eigenvalue weighted by Gasteiger charge is 2.17. The molecule has 0 amide bonds. The van der Waals surface area contributed by atoms with Gasteiger partial charge in [-0.05, 0) is 90.6 Å². The van der Waals surface area contributed by atoms with E-state index in [0.717, 1.165) is 24.7 Å². The van der Waals surface area contributed by atoms with E-state index in [9.17, 15) is 18.4 Å². The summed E-state index contributed by atoms with van der Waals surface area (Å²) in [5, 5.41) is 2.77. The Morgan fingerprint density at radius 3 is 1.97 bits per heavy atom. The van der Waals surface area contributed by atoms with Gasteiger partial charge in [-0.15, -0.1) is 0 Å². The summed E-state index contributed by atoms with van der Waals surface area (Å²) in [6.07, 6.45) is 4.12. The SMILES string of the molecule is CC1CCN(c2ccc(C(=O)Cc3ccc(Nc4ccc(CC(=O)c5ccc[nH]5)cc4F)c(F)c3)cc2)CC1. The number of Topliss-reactive ketones (excluding diaryl/α,β-unsaturated/α-hetero) is 2. The van der Waals surface area contributed by atoms with Crippen LogP contribution < -0.4 is 10.2 Å². The molecule has 1 aliphatic heterocycles. The van der Waals surface area contributed by atoms with Crippen molar-refractivity contribution in [3.63, 3.8) is 0 Å². The Hall–Kier alpha value is -4.26. The topological polar surface area (TPSA) is 65.2 Å². The maximum atomic E-state index is 14.9. The average molecular weight is 528 g/mol. The van der Waals surface area contributed by atoms with E-state index < -0.39 is 11.6 Å². The molecule has 2 heterocycles. The van der Waals surface area contributed by atoms with Gasteiger partial charge in [-0.2, -0.15) is 0 Å². The van der Waals surface area contributed by atoms with Crippen LogP contribution in [0.2, 0.25) is 0 Å². The summed E-state index contributed by atoms with van der Waals surface area (Å²) in [4.78, 5) is 30.3. The molecule has 1 aliphatic rings. The molecule has 0 spiro atoms. The molecule has 1 fully saturated rings. The van der Waals surface area contributed by atoms with Gasteiger partial charge in [0.1, 0.15) is 11.6 Å². The summed E-state index contributed by atoms with van der Waals surface area (Å²) in [6.45, 7) is 4.32. The Kier molecular flexibility index (Phi) is 7.87. The summed E-state index contributed by atoms with van der Waals surface area (Å²) in [7, 11) is 0. The van der Waals surface area contributed by atoms with Crippen molar-refractivity contribution in [3.05, 3.63) is 113 Å². The van der Waals surface area contributed by atoms with Crippen molar-refractivity contribution in [2.45, 2.75) is 32.6 Å². The predicted octanol–water partition coefficient (Wildman–Crippen LogP) is 7.12. The molecular weight excluding hydrogens is 496 g/mol. The second kappa shape index (κ2) is 11.6. The Morgan fingerprint density at radius 2 is 1.44 bits per heavy atom. The molecule has 5 nitrogen and oxygen atoms in total. The predicted molar refractivity (Wildman–Crippen MR) is 150 cm³/mol. The lowest BCUT2D eigenvalue weighted by molar-refractivity contribution is 0.0982. The molecule has 0 unspecified atom stereocenters. The van der Waals surface area contributed by atoms with E-state index in [4.69, 9.17) is 0 Å². The fourth-order valence-electron chi connectivity index (χ4n) is 4.88. The van der Waals surface area contributed by atoms with Crippen molar-refractivity contribution in [2.75, 3.05) is 23.3 Å². The van der Waals surface area contributed by atoms with E-state index in [1.54, 1.807) is 30.5 Å². The molecule has 0 radical (unpaired) electrons. The van der Waals surface area contributed by atoms with Crippen LogP contribution >= 0.6 is 0 Å². The number of rotatable bonds is 9. The first-order valence-electron chi connectivity index (χ1n) is 13.2. The maximum absolute atomic E-state index is 14.9. The lowest BCUT2D eigenvalue weighted by atomic mass is 9.98. The number of hydrogen-bond acceptors (Lipinski definition) is 4. The molecule has 0 saturated carbocycles. The quantitative estimate of drug-likeness (QED) is 0.227. The van der Waals surface area contributed by atoms with E-state index in [0.29, 0.717) is 22.4 Å².